The maximum Gasteiger partial charge on any atom is 0.0796 e. The van der Waals surface area contributed by atoms with Crippen molar-refractivity contribution in [1.82, 2.24) is 0 Å². The Bertz CT molecular complexity index is 883. The molecule has 6 heteroatoms. The third-order valence-electron chi connectivity index (χ3n) is 8.75. The van der Waals surface area contributed by atoms with Crippen LogP contribution in [0.3, 0.4) is 0 Å². The summed E-state index contributed by atoms with van der Waals surface area (Å²) in [6.07, 6.45) is 8.68. The van der Waals surface area contributed by atoms with Crippen molar-refractivity contribution >= 4 is 46.4 Å². The third kappa shape index (κ3) is 1.76. The Hall–Kier alpha value is -0.280. The normalized spacial score (nSPS) is 49.5. The highest BCUT2D eigenvalue weighted by Crippen LogP contribution is 2.72. The lowest BCUT2D eigenvalue weighted by Crippen LogP contribution is -2.61. The van der Waals surface area contributed by atoms with Gasteiger partial charge in [-0.25, -0.2) is 0 Å². The molecule has 2 aliphatic heterocycles. The van der Waals surface area contributed by atoms with Gasteiger partial charge in [0.1, 0.15) is 0 Å². The molecule has 10 atom stereocenters. The van der Waals surface area contributed by atoms with Crippen LogP contribution in [0, 0.1) is 35.5 Å². The van der Waals surface area contributed by atoms with Crippen LogP contribution in [0.25, 0.3) is 0 Å². The molecule has 2 heterocycles. The Morgan fingerprint density at radius 1 is 0.630 bits per heavy atom. The van der Waals surface area contributed by atoms with Crippen molar-refractivity contribution in [3.05, 3.63) is 43.4 Å². The van der Waals surface area contributed by atoms with Crippen LogP contribution in [0.2, 0.25) is 20.1 Å². The van der Waals surface area contributed by atoms with Crippen molar-refractivity contribution in [2.45, 2.75) is 43.2 Å². The van der Waals surface area contributed by atoms with E-state index in [9.17, 15) is 0 Å². The molecule has 0 spiro atoms. The molecular formula is C21H18Cl4N2. The number of benzene rings is 1. The van der Waals surface area contributed by atoms with E-state index in [1.165, 1.54) is 12.8 Å². The Morgan fingerprint density at radius 3 is 1.48 bits per heavy atom. The first-order valence-electron chi connectivity index (χ1n) is 10.0. The molecule has 0 radical (unpaired) electrons. The molecule has 0 saturated heterocycles. The molecule has 3 saturated carbocycles. The predicted molar refractivity (Wildman–Crippen MR) is 108 cm³/mol. The van der Waals surface area contributed by atoms with Gasteiger partial charge in [-0.2, -0.15) is 10.2 Å². The zero-order valence-corrected chi connectivity index (χ0v) is 17.5. The minimum Gasteiger partial charge on any atom is -0.190 e. The minimum atomic E-state index is 0.329. The van der Waals surface area contributed by atoms with E-state index in [-0.39, 0.29) is 0 Å². The average molecular weight is 440 g/mol. The van der Waals surface area contributed by atoms with Crippen molar-refractivity contribution < 1.29 is 0 Å². The highest BCUT2D eigenvalue weighted by Gasteiger charge is 2.68. The number of fused-ring (bicyclic) bond motifs is 6. The Labute approximate surface area is 178 Å². The van der Waals surface area contributed by atoms with Crippen LogP contribution in [0.1, 0.15) is 42.2 Å². The van der Waals surface area contributed by atoms with E-state index in [1.54, 1.807) is 0 Å². The van der Waals surface area contributed by atoms with Crippen LogP contribution in [-0.2, 0) is 0 Å². The molecule has 0 N–H and O–H groups in total. The molecule has 27 heavy (non-hydrogen) atoms. The smallest absolute Gasteiger partial charge is 0.0796 e. The predicted octanol–water partition coefficient (Wildman–Crippen LogP) is 7.16. The van der Waals surface area contributed by atoms with Gasteiger partial charge in [0.25, 0.3) is 0 Å². The fraction of sp³-hybridized carbons (Fsp3) is 0.619. The molecule has 6 aliphatic carbocycles. The first-order chi connectivity index (χ1) is 13.1. The van der Waals surface area contributed by atoms with Gasteiger partial charge in [-0.1, -0.05) is 58.6 Å². The zero-order chi connectivity index (χ0) is 18.2. The van der Waals surface area contributed by atoms with Gasteiger partial charge in [-0.3, -0.25) is 0 Å². The Balaban J connectivity index is 1.42. The molecule has 0 unspecified atom stereocenters. The zero-order valence-electron chi connectivity index (χ0n) is 14.5. The summed E-state index contributed by atoms with van der Waals surface area (Å²) in [5.74, 6) is 4.54. The van der Waals surface area contributed by atoms with Gasteiger partial charge in [0, 0.05) is 0 Å². The van der Waals surface area contributed by atoms with Crippen molar-refractivity contribution in [3.8, 4) is 0 Å². The summed E-state index contributed by atoms with van der Waals surface area (Å²) < 4.78 is 0. The summed E-state index contributed by atoms with van der Waals surface area (Å²) in [5, 5.41) is 11.8. The minimum absolute atomic E-state index is 0.329. The summed E-state index contributed by atoms with van der Waals surface area (Å²) in [6, 6.07) is 0.658. The summed E-state index contributed by atoms with van der Waals surface area (Å²) >= 11 is 26.2. The lowest BCUT2D eigenvalue weighted by Gasteiger charge is -2.60. The average Bonchev–Trinajstić information content (AvgIpc) is 3.30. The molecule has 1 aromatic carbocycles. The molecule has 6 bridgehead atoms. The van der Waals surface area contributed by atoms with Crippen molar-refractivity contribution in [3.63, 3.8) is 0 Å². The SMILES string of the molecule is Clc1c(Cl)c(Cl)c2c(c1Cl)[C@H]1C[C@@H]2[C@H]2[C@H]3N=N[C@@H]([C@H]21)[C@H]1[C@@H]3[C@H]2C=C[C@@H]1CC2. The summed E-state index contributed by atoms with van der Waals surface area (Å²) in [7, 11) is 0. The molecule has 8 aliphatic rings. The van der Waals surface area contributed by atoms with Crippen LogP contribution in [0.5, 0.6) is 0 Å². The highest BCUT2D eigenvalue weighted by molar-refractivity contribution is 6.52. The van der Waals surface area contributed by atoms with E-state index in [0.29, 0.717) is 79.5 Å². The van der Waals surface area contributed by atoms with Gasteiger partial charge in [-0.15, -0.1) is 0 Å². The van der Waals surface area contributed by atoms with E-state index in [4.69, 9.17) is 56.6 Å². The van der Waals surface area contributed by atoms with Gasteiger partial charge in [0.05, 0.1) is 32.2 Å². The van der Waals surface area contributed by atoms with Gasteiger partial charge >= 0.3 is 0 Å². The van der Waals surface area contributed by atoms with Gasteiger partial charge < -0.3 is 0 Å². The number of hydrogen-bond donors (Lipinski definition) is 0. The molecule has 140 valence electrons. The molecular weight excluding hydrogens is 422 g/mol. The van der Waals surface area contributed by atoms with E-state index in [0.717, 1.165) is 17.5 Å². The topological polar surface area (TPSA) is 24.7 Å². The van der Waals surface area contributed by atoms with Crippen LogP contribution in [0.15, 0.2) is 22.4 Å². The van der Waals surface area contributed by atoms with E-state index in [2.05, 4.69) is 12.2 Å². The first kappa shape index (κ1) is 16.5. The van der Waals surface area contributed by atoms with Crippen LogP contribution < -0.4 is 0 Å². The molecule has 1 aromatic rings. The number of halogens is 4. The third-order valence-corrected chi connectivity index (χ3v) is 10.6. The molecule has 9 rings (SSSR count). The van der Waals surface area contributed by atoms with Crippen LogP contribution >= 0.6 is 46.4 Å². The van der Waals surface area contributed by atoms with Crippen LogP contribution in [-0.4, -0.2) is 12.1 Å². The van der Waals surface area contributed by atoms with Gasteiger partial charge in [0.15, 0.2) is 0 Å². The number of nitrogens with zero attached hydrogens (tertiary/aromatic N) is 2. The second kappa shape index (κ2) is 5.25. The lowest BCUT2D eigenvalue weighted by atomic mass is 9.48. The largest absolute Gasteiger partial charge is 0.190 e. The monoisotopic (exact) mass is 438 g/mol. The number of azo groups is 1. The lowest BCUT2D eigenvalue weighted by molar-refractivity contribution is -0.0447. The summed E-state index contributed by atoms with van der Waals surface area (Å²) in [4.78, 5) is 0. The van der Waals surface area contributed by atoms with E-state index >= 15 is 0 Å². The fourth-order valence-corrected chi connectivity index (χ4v) is 9.24. The molecule has 3 fully saturated rings. The molecule has 2 nitrogen and oxygen atoms in total. The Morgan fingerprint density at radius 2 is 1.07 bits per heavy atom. The van der Waals surface area contributed by atoms with Gasteiger partial charge in [0.2, 0.25) is 0 Å². The Kier molecular flexibility index (Phi) is 3.21. The number of rotatable bonds is 0. The van der Waals surface area contributed by atoms with E-state index < -0.39 is 0 Å². The molecule has 0 aromatic heterocycles. The summed E-state index contributed by atoms with van der Waals surface area (Å²) in [5.41, 5.74) is 2.33. The number of allylic oxidation sites excluding steroid dienone is 2. The fourth-order valence-electron chi connectivity index (χ4n) is 8.08. The first-order valence-corrected chi connectivity index (χ1v) is 11.5. The van der Waals surface area contributed by atoms with Gasteiger partial charge in [-0.05, 0) is 77.7 Å². The summed E-state index contributed by atoms with van der Waals surface area (Å²) in [6.45, 7) is 0. The van der Waals surface area contributed by atoms with Crippen LogP contribution in [0.4, 0.5) is 0 Å². The maximum absolute atomic E-state index is 6.70. The highest BCUT2D eigenvalue weighted by atomic mass is 35.5. The quantitative estimate of drug-likeness (QED) is 0.232. The van der Waals surface area contributed by atoms with E-state index in [1.807, 2.05) is 0 Å². The molecule has 0 amide bonds. The van der Waals surface area contributed by atoms with Crippen molar-refractivity contribution in [2.24, 2.45) is 45.7 Å². The maximum atomic E-state index is 6.70. The number of hydrogen-bond acceptors (Lipinski definition) is 2. The second-order valence-corrected chi connectivity index (χ2v) is 10.9. The van der Waals surface area contributed by atoms with Crippen molar-refractivity contribution in [2.75, 3.05) is 0 Å². The standard InChI is InChI=1S/C21H18Cl4N2/c22-16-12-8-5-9(13(12)17(23)19(25)18(16)24)15-14(8)20-10-6-1-2-7(4-3-6)11(10)21(15)27-26-20/h1-2,6-11,14-15,20-21H,3-5H2/t6-,7+,8-,9+,10-,11+,14+,15-,20-,21+. The second-order valence-electron chi connectivity index (χ2n) is 9.34. The van der Waals surface area contributed by atoms with Crippen molar-refractivity contribution in [1.29, 1.82) is 0 Å².